The minimum atomic E-state index is -4.25. The van der Waals surface area contributed by atoms with E-state index in [2.05, 4.69) is 11.4 Å². The molecule has 0 spiro atoms. The van der Waals surface area contributed by atoms with Crippen LogP contribution in [-0.2, 0) is 9.09 Å². The maximum atomic E-state index is 10.4. The summed E-state index contributed by atoms with van der Waals surface area (Å²) in [5.74, 6) is 0. The molecule has 0 radical (unpaired) electrons. The van der Waals surface area contributed by atoms with Crippen LogP contribution >= 0.6 is 7.82 Å². The molecule has 0 atom stereocenters. The molecule has 0 unspecified atom stereocenters. The van der Waals surface area contributed by atoms with Gasteiger partial charge in [-0.1, -0.05) is 71.1 Å². The van der Waals surface area contributed by atoms with Crippen LogP contribution in [0.2, 0.25) is 0 Å². The number of unbranched alkanes of at least 4 members (excludes halogenated alkanes) is 10. The van der Waals surface area contributed by atoms with Crippen molar-refractivity contribution in [2.24, 2.45) is 0 Å². The van der Waals surface area contributed by atoms with Crippen LogP contribution in [0, 0.1) is 0 Å². The number of phosphoric acid groups is 1. The molecule has 0 aromatic rings. The molecule has 4 N–H and O–H groups in total. The van der Waals surface area contributed by atoms with Crippen LogP contribution in [0.3, 0.4) is 0 Å². The van der Waals surface area contributed by atoms with E-state index in [1.54, 1.807) is 0 Å². The third-order valence-corrected chi connectivity index (χ3v) is 3.53. The molecule has 0 aliphatic heterocycles. The second kappa shape index (κ2) is 14.5. The minimum Gasteiger partial charge on any atom is -0.412 e. The summed E-state index contributed by atoms with van der Waals surface area (Å²) in [7, 11) is -4.25. The Hall–Kier alpha value is 0.0700. The van der Waals surface area contributed by atoms with Gasteiger partial charge in [-0.2, -0.15) is 0 Å². The van der Waals surface area contributed by atoms with Crippen molar-refractivity contribution in [3.8, 4) is 0 Å². The first-order valence-electron chi connectivity index (χ1n) is 7.26. The fourth-order valence-corrected chi connectivity index (χ4v) is 2.32. The lowest BCUT2D eigenvalue weighted by Crippen LogP contribution is -1.92. The highest BCUT2D eigenvalue weighted by Gasteiger charge is 2.12. The van der Waals surface area contributed by atoms with Crippen LogP contribution in [-0.4, -0.2) is 21.9 Å². The van der Waals surface area contributed by atoms with Gasteiger partial charge >= 0.3 is 7.82 Å². The Morgan fingerprint density at radius 1 is 0.789 bits per heavy atom. The zero-order valence-corrected chi connectivity index (χ0v) is 13.0. The second-order valence-electron chi connectivity index (χ2n) is 4.86. The molecular formula is C13H31O5P. The van der Waals surface area contributed by atoms with Crippen molar-refractivity contribution >= 4 is 7.82 Å². The second-order valence-corrected chi connectivity index (χ2v) is 6.10. The zero-order chi connectivity index (χ0) is 13.7. The van der Waals surface area contributed by atoms with E-state index in [-0.39, 0.29) is 12.1 Å². The van der Waals surface area contributed by atoms with Crippen molar-refractivity contribution in [2.45, 2.75) is 77.6 Å². The summed E-state index contributed by atoms with van der Waals surface area (Å²) in [4.78, 5) is 16.9. The third kappa shape index (κ3) is 20.5. The van der Waals surface area contributed by atoms with Gasteiger partial charge in [0.2, 0.25) is 0 Å². The summed E-state index contributed by atoms with van der Waals surface area (Å²) in [5, 5.41) is 0. The molecular weight excluding hydrogens is 267 g/mol. The van der Waals surface area contributed by atoms with E-state index in [4.69, 9.17) is 9.79 Å². The molecule has 6 heteroatoms. The van der Waals surface area contributed by atoms with Crippen molar-refractivity contribution in [2.75, 3.05) is 6.61 Å². The van der Waals surface area contributed by atoms with E-state index >= 15 is 0 Å². The van der Waals surface area contributed by atoms with Gasteiger partial charge < -0.3 is 15.3 Å². The lowest BCUT2D eigenvalue weighted by Gasteiger charge is -2.05. The van der Waals surface area contributed by atoms with Gasteiger partial charge in [0.05, 0.1) is 6.61 Å². The van der Waals surface area contributed by atoms with Crippen LogP contribution in [0.25, 0.3) is 0 Å². The van der Waals surface area contributed by atoms with Crippen molar-refractivity contribution in [1.82, 2.24) is 0 Å². The maximum absolute atomic E-state index is 10.4. The maximum Gasteiger partial charge on any atom is 0.469 e. The molecule has 118 valence electrons. The molecule has 5 nitrogen and oxygen atoms in total. The minimum absolute atomic E-state index is 0. The zero-order valence-electron chi connectivity index (χ0n) is 12.1. The molecule has 0 saturated heterocycles. The highest BCUT2D eigenvalue weighted by Crippen LogP contribution is 2.35. The molecule has 19 heavy (non-hydrogen) atoms. The van der Waals surface area contributed by atoms with E-state index in [9.17, 15) is 4.57 Å². The largest absolute Gasteiger partial charge is 0.469 e. The van der Waals surface area contributed by atoms with Gasteiger partial charge in [0.15, 0.2) is 0 Å². The highest BCUT2D eigenvalue weighted by atomic mass is 31.2. The van der Waals surface area contributed by atoms with Gasteiger partial charge in [-0.25, -0.2) is 4.57 Å². The van der Waals surface area contributed by atoms with Crippen LogP contribution in [0.4, 0.5) is 0 Å². The summed E-state index contributed by atoms with van der Waals surface area (Å²) in [6.07, 6.45) is 13.5. The van der Waals surface area contributed by atoms with Crippen molar-refractivity contribution < 1.29 is 24.4 Å². The first-order chi connectivity index (χ1) is 8.56. The van der Waals surface area contributed by atoms with Crippen molar-refractivity contribution in [1.29, 1.82) is 0 Å². The number of phosphoric ester groups is 1. The van der Waals surface area contributed by atoms with Crippen LogP contribution < -0.4 is 0 Å². The summed E-state index contributed by atoms with van der Waals surface area (Å²) < 4.78 is 14.8. The van der Waals surface area contributed by atoms with Crippen LogP contribution in [0.5, 0.6) is 0 Å². The first kappa shape index (κ1) is 21.4. The van der Waals surface area contributed by atoms with E-state index < -0.39 is 7.82 Å². The van der Waals surface area contributed by atoms with Crippen LogP contribution in [0.15, 0.2) is 0 Å². The first-order valence-corrected chi connectivity index (χ1v) is 8.79. The van der Waals surface area contributed by atoms with Gasteiger partial charge in [0.1, 0.15) is 0 Å². The standard InChI is InChI=1S/C13H29O4P.H2O/c1-2-3-4-5-6-7-8-9-10-11-12-13-17-18(14,15)16;/h2-13H2,1H3,(H2,14,15,16);1H2. The molecule has 0 aliphatic rings. The summed E-state index contributed by atoms with van der Waals surface area (Å²) in [5.41, 5.74) is 0. The van der Waals surface area contributed by atoms with Gasteiger partial charge in [0.25, 0.3) is 0 Å². The average molecular weight is 298 g/mol. The average Bonchev–Trinajstić information content (AvgIpc) is 2.29. The molecule has 0 bridgehead atoms. The predicted molar refractivity (Wildman–Crippen MR) is 78.1 cm³/mol. The topological polar surface area (TPSA) is 98.3 Å². The quantitative estimate of drug-likeness (QED) is 0.401. The van der Waals surface area contributed by atoms with Gasteiger partial charge in [-0.3, -0.25) is 4.52 Å². The summed E-state index contributed by atoms with van der Waals surface area (Å²) in [6, 6.07) is 0. The van der Waals surface area contributed by atoms with E-state index in [0.717, 1.165) is 19.3 Å². The molecule has 0 aromatic carbocycles. The molecule has 0 rings (SSSR count). The summed E-state index contributed by atoms with van der Waals surface area (Å²) in [6.45, 7) is 2.40. The summed E-state index contributed by atoms with van der Waals surface area (Å²) >= 11 is 0. The number of hydrogen-bond donors (Lipinski definition) is 2. The fraction of sp³-hybridized carbons (Fsp3) is 1.00. The predicted octanol–water partition coefficient (Wildman–Crippen LogP) is 3.58. The lowest BCUT2D eigenvalue weighted by molar-refractivity contribution is 0.193. The number of rotatable bonds is 13. The van der Waals surface area contributed by atoms with Crippen molar-refractivity contribution in [3.63, 3.8) is 0 Å². The normalized spacial score (nSPS) is 11.3. The van der Waals surface area contributed by atoms with E-state index in [0.29, 0.717) is 0 Å². The SMILES string of the molecule is CCCCCCCCCCCCCOP(=O)(O)O.O. The Morgan fingerprint density at radius 2 is 1.16 bits per heavy atom. The fourth-order valence-electron chi connectivity index (χ4n) is 1.95. The molecule has 0 fully saturated rings. The molecule has 0 heterocycles. The lowest BCUT2D eigenvalue weighted by atomic mass is 10.1. The van der Waals surface area contributed by atoms with Crippen LogP contribution in [0.1, 0.15) is 77.6 Å². The number of hydrogen-bond acceptors (Lipinski definition) is 2. The molecule has 0 aliphatic carbocycles. The molecule has 0 saturated carbocycles. The highest BCUT2D eigenvalue weighted by molar-refractivity contribution is 7.46. The third-order valence-electron chi connectivity index (χ3n) is 3.01. The smallest absolute Gasteiger partial charge is 0.412 e. The van der Waals surface area contributed by atoms with E-state index in [1.807, 2.05) is 0 Å². The monoisotopic (exact) mass is 298 g/mol. The van der Waals surface area contributed by atoms with Gasteiger partial charge in [-0.15, -0.1) is 0 Å². The van der Waals surface area contributed by atoms with Gasteiger partial charge in [-0.05, 0) is 6.42 Å². The van der Waals surface area contributed by atoms with Crippen molar-refractivity contribution in [3.05, 3.63) is 0 Å². The molecule has 0 amide bonds. The van der Waals surface area contributed by atoms with Gasteiger partial charge in [0, 0.05) is 0 Å². The Labute approximate surface area is 117 Å². The Morgan fingerprint density at radius 3 is 1.53 bits per heavy atom. The Bertz CT molecular complexity index is 217. The Kier molecular flexibility index (Phi) is 16.3. The molecule has 0 aromatic heterocycles. The Balaban J connectivity index is 0. The van der Waals surface area contributed by atoms with E-state index in [1.165, 1.54) is 51.4 Å².